The minimum Gasteiger partial charge on any atom is -0.325 e. The van der Waals surface area contributed by atoms with E-state index in [1.54, 1.807) is 12.4 Å². The molecule has 6 heteroatoms. The van der Waals surface area contributed by atoms with Crippen LogP contribution in [-0.4, -0.2) is 19.5 Å². The van der Waals surface area contributed by atoms with E-state index in [2.05, 4.69) is 58.3 Å². The van der Waals surface area contributed by atoms with Gasteiger partial charge in [0.2, 0.25) is 0 Å². The normalized spacial score (nSPS) is 11.2. The Morgan fingerprint density at radius 2 is 1.79 bits per heavy atom. The lowest BCUT2D eigenvalue weighted by molar-refractivity contribution is 0.655. The number of aryl methyl sites for hydroxylation is 2. The number of allylic oxidation sites excluding steroid dienone is 2. The largest absolute Gasteiger partial charge is 0.325 e. The molecule has 0 unspecified atom stereocenters. The molecule has 0 amide bonds. The summed E-state index contributed by atoms with van der Waals surface area (Å²) < 4.78 is 2.37. The van der Waals surface area contributed by atoms with Gasteiger partial charge in [-0.25, -0.2) is 9.97 Å². The summed E-state index contributed by atoms with van der Waals surface area (Å²) in [5.41, 5.74) is 3.94. The SMILES string of the molecule is CCC=CCc1ccc(CCn2cc(Cc3cncnc3)c(=O)[nH]c2=S)cc1. The van der Waals surface area contributed by atoms with Gasteiger partial charge in [0.15, 0.2) is 4.77 Å². The van der Waals surface area contributed by atoms with Crippen LogP contribution in [0.3, 0.4) is 0 Å². The first kappa shape index (κ1) is 19.9. The van der Waals surface area contributed by atoms with Crippen molar-refractivity contribution in [3.05, 3.63) is 98.7 Å². The number of H-pyrrole nitrogens is 1. The summed E-state index contributed by atoms with van der Waals surface area (Å²) >= 11 is 5.33. The predicted octanol–water partition coefficient (Wildman–Crippen LogP) is 4.04. The minimum atomic E-state index is -0.158. The Morgan fingerprint density at radius 3 is 2.50 bits per heavy atom. The van der Waals surface area contributed by atoms with Crippen molar-refractivity contribution in [1.82, 2.24) is 19.5 Å². The number of aromatic amines is 1. The molecule has 28 heavy (non-hydrogen) atoms. The van der Waals surface area contributed by atoms with E-state index in [0.29, 0.717) is 23.3 Å². The molecule has 0 radical (unpaired) electrons. The van der Waals surface area contributed by atoms with Crippen LogP contribution < -0.4 is 5.56 Å². The topological polar surface area (TPSA) is 63.6 Å². The maximum Gasteiger partial charge on any atom is 0.255 e. The molecule has 3 rings (SSSR count). The summed E-state index contributed by atoms with van der Waals surface area (Å²) in [6.45, 7) is 2.85. The second-order valence-corrected chi connectivity index (χ2v) is 7.07. The highest BCUT2D eigenvalue weighted by atomic mass is 32.1. The summed E-state index contributed by atoms with van der Waals surface area (Å²) in [5, 5.41) is 0. The van der Waals surface area contributed by atoms with Crippen LogP contribution in [0.2, 0.25) is 0 Å². The summed E-state index contributed by atoms with van der Waals surface area (Å²) in [6.07, 6.45) is 14.5. The van der Waals surface area contributed by atoms with Gasteiger partial charge in [-0.05, 0) is 48.2 Å². The van der Waals surface area contributed by atoms with Crippen LogP contribution in [0.25, 0.3) is 0 Å². The zero-order valence-corrected chi connectivity index (χ0v) is 16.8. The zero-order chi connectivity index (χ0) is 19.8. The average Bonchev–Trinajstić information content (AvgIpc) is 2.71. The van der Waals surface area contributed by atoms with Crippen LogP contribution in [0.4, 0.5) is 0 Å². The molecule has 0 saturated heterocycles. The van der Waals surface area contributed by atoms with Crippen molar-refractivity contribution < 1.29 is 0 Å². The molecule has 5 nitrogen and oxygen atoms in total. The van der Waals surface area contributed by atoms with E-state index in [-0.39, 0.29) is 5.56 Å². The van der Waals surface area contributed by atoms with Crippen LogP contribution in [-0.2, 0) is 25.8 Å². The third kappa shape index (κ3) is 5.57. The standard InChI is InChI=1S/C22H24N4OS/c1-2-3-4-5-17-6-8-18(9-7-17)10-11-26-15-20(21(27)25-22(26)28)12-19-13-23-16-24-14-19/h3-4,6-9,13-16H,2,5,10-12H2,1H3,(H,25,27,28). The Morgan fingerprint density at radius 1 is 1.07 bits per heavy atom. The van der Waals surface area contributed by atoms with E-state index in [4.69, 9.17) is 12.2 Å². The van der Waals surface area contributed by atoms with Gasteiger partial charge in [-0.15, -0.1) is 0 Å². The third-order valence-electron chi connectivity index (χ3n) is 4.51. The predicted molar refractivity (Wildman–Crippen MR) is 114 cm³/mol. The maximum atomic E-state index is 12.2. The number of nitrogens with one attached hydrogen (secondary N) is 1. The average molecular weight is 393 g/mol. The van der Waals surface area contributed by atoms with Crippen LogP contribution in [0.5, 0.6) is 0 Å². The monoisotopic (exact) mass is 392 g/mol. The molecule has 0 aliphatic heterocycles. The quantitative estimate of drug-likeness (QED) is 0.464. The van der Waals surface area contributed by atoms with Crippen molar-refractivity contribution in [1.29, 1.82) is 0 Å². The van der Waals surface area contributed by atoms with Gasteiger partial charge in [-0.2, -0.15) is 0 Å². The van der Waals surface area contributed by atoms with Gasteiger partial charge in [0, 0.05) is 37.1 Å². The van der Waals surface area contributed by atoms with Crippen molar-refractivity contribution in [2.45, 2.75) is 39.2 Å². The molecule has 2 heterocycles. The molecular weight excluding hydrogens is 368 g/mol. The highest BCUT2D eigenvalue weighted by Crippen LogP contribution is 2.09. The summed E-state index contributed by atoms with van der Waals surface area (Å²) in [5.74, 6) is 0. The zero-order valence-electron chi connectivity index (χ0n) is 16.0. The second-order valence-electron chi connectivity index (χ2n) is 6.68. The molecule has 0 saturated carbocycles. The van der Waals surface area contributed by atoms with Gasteiger partial charge in [-0.3, -0.25) is 9.78 Å². The number of nitrogens with zero attached hydrogens (tertiary/aromatic N) is 3. The van der Waals surface area contributed by atoms with Gasteiger partial charge in [0.25, 0.3) is 5.56 Å². The molecule has 2 aromatic heterocycles. The first-order valence-corrected chi connectivity index (χ1v) is 9.86. The molecule has 0 aliphatic rings. The number of hydrogen-bond donors (Lipinski definition) is 1. The van der Waals surface area contributed by atoms with E-state index < -0.39 is 0 Å². The van der Waals surface area contributed by atoms with Gasteiger partial charge in [0.1, 0.15) is 6.33 Å². The molecule has 3 aromatic rings. The van der Waals surface area contributed by atoms with E-state index in [1.807, 2.05) is 10.8 Å². The highest BCUT2D eigenvalue weighted by Gasteiger charge is 2.05. The van der Waals surface area contributed by atoms with Crippen molar-refractivity contribution in [2.75, 3.05) is 0 Å². The van der Waals surface area contributed by atoms with E-state index in [9.17, 15) is 4.79 Å². The van der Waals surface area contributed by atoms with Crippen molar-refractivity contribution in [3.63, 3.8) is 0 Å². The molecule has 0 bridgehead atoms. The van der Waals surface area contributed by atoms with Crippen molar-refractivity contribution in [2.24, 2.45) is 0 Å². The Kier molecular flexibility index (Phi) is 7.03. The lowest BCUT2D eigenvalue weighted by Gasteiger charge is -2.10. The van der Waals surface area contributed by atoms with E-state index in [1.165, 1.54) is 17.5 Å². The Bertz CT molecular complexity index is 1040. The Balaban J connectivity index is 1.68. The van der Waals surface area contributed by atoms with Crippen molar-refractivity contribution >= 4 is 12.2 Å². The first-order chi connectivity index (χ1) is 13.7. The van der Waals surface area contributed by atoms with Crippen molar-refractivity contribution in [3.8, 4) is 0 Å². The van der Waals surface area contributed by atoms with Gasteiger partial charge >= 0.3 is 0 Å². The third-order valence-corrected chi connectivity index (χ3v) is 4.85. The number of aromatic nitrogens is 4. The highest BCUT2D eigenvalue weighted by molar-refractivity contribution is 7.71. The molecule has 1 aromatic carbocycles. The van der Waals surface area contributed by atoms with Crippen LogP contribution in [0.15, 0.2) is 66.1 Å². The number of hydrogen-bond acceptors (Lipinski definition) is 4. The fraction of sp³-hybridized carbons (Fsp3) is 0.273. The van der Waals surface area contributed by atoms with Crippen LogP contribution >= 0.6 is 12.2 Å². The fourth-order valence-corrected chi connectivity index (χ4v) is 3.20. The minimum absolute atomic E-state index is 0.158. The molecule has 0 aliphatic carbocycles. The van der Waals surface area contributed by atoms with E-state index >= 15 is 0 Å². The fourth-order valence-electron chi connectivity index (χ4n) is 2.97. The Labute approximate surface area is 169 Å². The molecule has 0 fully saturated rings. The summed E-state index contributed by atoms with van der Waals surface area (Å²) in [6, 6.07) is 8.66. The van der Waals surface area contributed by atoms with Crippen LogP contribution in [0.1, 0.15) is 35.6 Å². The molecular formula is C22H24N4OS. The molecule has 1 N–H and O–H groups in total. The molecule has 0 spiro atoms. The lowest BCUT2D eigenvalue weighted by Crippen LogP contribution is -2.19. The van der Waals surface area contributed by atoms with Gasteiger partial charge < -0.3 is 4.57 Å². The molecule has 0 atom stereocenters. The van der Waals surface area contributed by atoms with Gasteiger partial charge in [-0.1, -0.05) is 43.3 Å². The van der Waals surface area contributed by atoms with Gasteiger partial charge in [0.05, 0.1) is 0 Å². The van der Waals surface area contributed by atoms with E-state index in [0.717, 1.165) is 24.8 Å². The second kappa shape index (κ2) is 9.90. The number of rotatable bonds is 8. The number of benzene rings is 1. The molecule has 144 valence electrons. The summed E-state index contributed by atoms with van der Waals surface area (Å²) in [7, 11) is 0. The first-order valence-electron chi connectivity index (χ1n) is 9.45. The van der Waals surface area contributed by atoms with Crippen LogP contribution in [0, 0.1) is 4.77 Å². The smallest absolute Gasteiger partial charge is 0.255 e. The summed E-state index contributed by atoms with van der Waals surface area (Å²) in [4.78, 5) is 23.0. The Hall–Kier alpha value is -2.86. The lowest BCUT2D eigenvalue weighted by atomic mass is 10.1. The maximum absolute atomic E-state index is 12.2.